The topological polar surface area (TPSA) is 75.3 Å². The standard InChI is InChI=1S/C10H22N2O2/c1-4-7(3)9(11)10(14)12-8(5-2)6-13/h7-9,13H,4-6,11H2,1-3H3,(H,12,14)/t7?,8?,9-/m0/s1. The number of nitrogens with one attached hydrogen (secondary N) is 1. The molecule has 0 aliphatic heterocycles. The Bertz CT molecular complexity index is 170. The summed E-state index contributed by atoms with van der Waals surface area (Å²) in [7, 11) is 0. The molecule has 0 spiro atoms. The first-order valence-corrected chi connectivity index (χ1v) is 5.23. The first kappa shape index (κ1) is 13.4. The second-order valence-corrected chi connectivity index (χ2v) is 3.71. The number of amides is 1. The molecule has 0 aromatic heterocycles. The van der Waals surface area contributed by atoms with Crippen molar-refractivity contribution in [3.63, 3.8) is 0 Å². The molecule has 0 bridgehead atoms. The Kier molecular flexibility index (Phi) is 6.49. The van der Waals surface area contributed by atoms with Gasteiger partial charge in [-0.1, -0.05) is 27.2 Å². The number of nitrogens with two attached hydrogens (primary N) is 1. The van der Waals surface area contributed by atoms with Crippen molar-refractivity contribution < 1.29 is 9.90 Å². The molecule has 0 heterocycles. The SMILES string of the molecule is CCC(CO)NC(=O)[C@@H](N)C(C)CC. The summed E-state index contributed by atoms with van der Waals surface area (Å²) < 4.78 is 0. The summed E-state index contributed by atoms with van der Waals surface area (Å²) in [4.78, 5) is 11.5. The van der Waals surface area contributed by atoms with Gasteiger partial charge in [0.05, 0.1) is 18.7 Å². The zero-order valence-corrected chi connectivity index (χ0v) is 9.29. The lowest BCUT2D eigenvalue weighted by molar-refractivity contribution is -0.124. The van der Waals surface area contributed by atoms with Gasteiger partial charge in [-0.05, 0) is 12.3 Å². The number of aliphatic hydroxyl groups is 1. The molecular weight excluding hydrogens is 180 g/mol. The monoisotopic (exact) mass is 202 g/mol. The van der Waals surface area contributed by atoms with Crippen LogP contribution in [0, 0.1) is 5.92 Å². The Balaban J connectivity index is 4.06. The highest BCUT2D eigenvalue weighted by atomic mass is 16.3. The quantitative estimate of drug-likeness (QED) is 0.578. The van der Waals surface area contributed by atoms with Crippen LogP contribution < -0.4 is 11.1 Å². The number of carbonyl (C=O) groups is 1. The average Bonchev–Trinajstić information content (AvgIpc) is 2.23. The maximum atomic E-state index is 11.5. The van der Waals surface area contributed by atoms with Crippen LogP contribution in [0.15, 0.2) is 0 Å². The van der Waals surface area contributed by atoms with Gasteiger partial charge in [-0.2, -0.15) is 0 Å². The molecule has 0 aliphatic rings. The van der Waals surface area contributed by atoms with Crippen molar-refractivity contribution in [3.8, 4) is 0 Å². The van der Waals surface area contributed by atoms with Gasteiger partial charge in [0, 0.05) is 0 Å². The molecule has 4 heteroatoms. The third-order valence-corrected chi connectivity index (χ3v) is 2.62. The van der Waals surface area contributed by atoms with Gasteiger partial charge in [0.2, 0.25) is 5.91 Å². The van der Waals surface area contributed by atoms with Crippen LogP contribution in [0.25, 0.3) is 0 Å². The highest BCUT2D eigenvalue weighted by Crippen LogP contribution is 2.05. The van der Waals surface area contributed by atoms with Crippen LogP contribution in [0.4, 0.5) is 0 Å². The molecule has 4 N–H and O–H groups in total. The lowest BCUT2D eigenvalue weighted by Gasteiger charge is -2.21. The fourth-order valence-corrected chi connectivity index (χ4v) is 1.09. The molecule has 0 aliphatic carbocycles. The van der Waals surface area contributed by atoms with E-state index in [4.69, 9.17) is 10.8 Å². The summed E-state index contributed by atoms with van der Waals surface area (Å²) in [5.74, 6) is 0.00597. The molecule has 0 fully saturated rings. The van der Waals surface area contributed by atoms with Crippen molar-refractivity contribution in [1.82, 2.24) is 5.32 Å². The summed E-state index contributed by atoms with van der Waals surface area (Å²) in [6, 6.07) is -0.641. The van der Waals surface area contributed by atoms with E-state index in [1.165, 1.54) is 0 Å². The van der Waals surface area contributed by atoms with Crippen molar-refractivity contribution in [2.75, 3.05) is 6.61 Å². The van der Waals surface area contributed by atoms with E-state index in [1.54, 1.807) is 0 Å². The maximum Gasteiger partial charge on any atom is 0.237 e. The fraction of sp³-hybridized carbons (Fsp3) is 0.900. The molecule has 2 unspecified atom stereocenters. The third kappa shape index (κ3) is 4.07. The number of carbonyl (C=O) groups excluding carboxylic acids is 1. The summed E-state index contributed by atoms with van der Waals surface area (Å²) >= 11 is 0. The Morgan fingerprint density at radius 1 is 1.43 bits per heavy atom. The number of hydrogen-bond donors (Lipinski definition) is 3. The predicted molar refractivity (Wildman–Crippen MR) is 56.7 cm³/mol. The molecule has 1 amide bonds. The Morgan fingerprint density at radius 3 is 2.36 bits per heavy atom. The molecule has 0 radical (unpaired) electrons. The summed E-state index contributed by atoms with van der Waals surface area (Å²) in [5.41, 5.74) is 5.74. The van der Waals surface area contributed by atoms with Crippen molar-refractivity contribution >= 4 is 5.91 Å². The van der Waals surface area contributed by atoms with Gasteiger partial charge < -0.3 is 16.2 Å². The molecule has 3 atom stereocenters. The normalized spacial score (nSPS) is 17.2. The highest BCUT2D eigenvalue weighted by molar-refractivity contribution is 5.82. The number of aliphatic hydroxyl groups excluding tert-OH is 1. The van der Waals surface area contributed by atoms with Crippen LogP contribution in [0.1, 0.15) is 33.6 Å². The molecule has 0 saturated heterocycles. The summed E-state index contributed by atoms with van der Waals surface area (Å²) in [6.45, 7) is 5.83. The minimum atomic E-state index is -0.472. The average molecular weight is 202 g/mol. The van der Waals surface area contributed by atoms with Gasteiger partial charge >= 0.3 is 0 Å². The van der Waals surface area contributed by atoms with Crippen LogP contribution in [0.3, 0.4) is 0 Å². The third-order valence-electron chi connectivity index (χ3n) is 2.62. The molecule has 4 nitrogen and oxygen atoms in total. The molecular formula is C10H22N2O2. The largest absolute Gasteiger partial charge is 0.394 e. The molecule has 14 heavy (non-hydrogen) atoms. The lowest BCUT2D eigenvalue weighted by Crippen LogP contribution is -2.49. The lowest BCUT2D eigenvalue weighted by atomic mass is 9.99. The van der Waals surface area contributed by atoms with E-state index in [0.717, 1.165) is 12.8 Å². The Hall–Kier alpha value is -0.610. The molecule has 0 aromatic rings. The number of hydrogen-bond acceptors (Lipinski definition) is 3. The van der Waals surface area contributed by atoms with Crippen molar-refractivity contribution in [2.24, 2.45) is 11.7 Å². The summed E-state index contributed by atoms with van der Waals surface area (Å²) in [5, 5.41) is 11.6. The Labute approximate surface area is 85.9 Å². The van der Waals surface area contributed by atoms with Gasteiger partial charge in [-0.25, -0.2) is 0 Å². The van der Waals surface area contributed by atoms with Crippen LogP contribution >= 0.6 is 0 Å². The van der Waals surface area contributed by atoms with Crippen LogP contribution in [-0.4, -0.2) is 29.7 Å². The van der Waals surface area contributed by atoms with E-state index in [-0.39, 0.29) is 24.5 Å². The zero-order chi connectivity index (χ0) is 11.1. The first-order chi connectivity index (χ1) is 6.56. The minimum absolute atomic E-state index is 0.0323. The van der Waals surface area contributed by atoms with Crippen molar-refractivity contribution in [3.05, 3.63) is 0 Å². The first-order valence-electron chi connectivity index (χ1n) is 5.23. The maximum absolute atomic E-state index is 11.5. The highest BCUT2D eigenvalue weighted by Gasteiger charge is 2.20. The van der Waals surface area contributed by atoms with Gasteiger partial charge in [0.1, 0.15) is 0 Å². The van der Waals surface area contributed by atoms with Crippen LogP contribution in [0.5, 0.6) is 0 Å². The van der Waals surface area contributed by atoms with Gasteiger partial charge in [-0.15, -0.1) is 0 Å². The van der Waals surface area contributed by atoms with Crippen molar-refractivity contribution in [1.29, 1.82) is 0 Å². The summed E-state index contributed by atoms with van der Waals surface area (Å²) in [6.07, 6.45) is 1.60. The minimum Gasteiger partial charge on any atom is -0.394 e. The van der Waals surface area contributed by atoms with Crippen molar-refractivity contribution in [2.45, 2.75) is 45.7 Å². The smallest absolute Gasteiger partial charge is 0.237 e. The molecule has 0 rings (SSSR count). The fourth-order valence-electron chi connectivity index (χ4n) is 1.09. The van der Waals surface area contributed by atoms with Gasteiger partial charge in [-0.3, -0.25) is 4.79 Å². The van der Waals surface area contributed by atoms with Gasteiger partial charge in [0.15, 0.2) is 0 Å². The van der Waals surface area contributed by atoms with E-state index in [0.29, 0.717) is 0 Å². The molecule has 0 saturated carbocycles. The second kappa shape index (κ2) is 6.79. The van der Waals surface area contributed by atoms with E-state index >= 15 is 0 Å². The van der Waals surface area contributed by atoms with E-state index in [9.17, 15) is 4.79 Å². The second-order valence-electron chi connectivity index (χ2n) is 3.71. The van der Waals surface area contributed by atoms with Crippen LogP contribution in [-0.2, 0) is 4.79 Å². The predicted octanol–water partition coefficient (Wildman–Crippen LogP) is 0.247. The van der Waals surface area contributed by atoms with E-state index < -0.39 is 6.04 Å². The zero-order valence-electron chi connectivity index (χ0n) is 9.29. The van der Waals surface area contributed by atoms with E-state index in [1.807, 2.05) is 20.8 Å². The molecule has 84 valence electrons. The van der Waals surface area contributed by atoms with E-state index in [2.05, 4.69) is 5.32 Å². The number of rotatable bonds is 6. The van der Waals surface area contributed by atoms with Gasteiger partial charge in [0.25, 0.3) is 0 Å². The molecule has 0 aromatic carbocycles. The Morgan fingerprint density at radius 2 is 2.00 bits per heavy atom. The van der Waals surface area contributed by atoms with Crippen LogP contribution in [0.2, 0.25) is 0 Å².